The average Bonchev–Trinajstić information content (AvgIpc) is 2.42. The van der Waals surface area contributed by atoms with Gasteiger partial charge in [-0.2, -0.15) is 13.2 Å². The number of halogens is 4. The van der Waals surface area contributed by atoms with E-state index in [1.807, 2.05) is 0 Å². The van der Waals surface area contributed by atoms with Crippen LogP contribution in [0.15, 0.2) is 36.5 Å². The molecule has 2 amide bonds. The third-order valence-corrected chi connectivity index (χ3v) is 2.74. The van der Waals surface area contributed by atoms with Gasteiger partial charge in [0.25, 0.3) is 0 Å². The number of urea groups is 1. The minimum absolute atomic E-state index is 0.0539. The van der Waals surface area contributed by atoms with Crippen LogP contribution in [0.4, 0.5) is 29.3 Å². The lowest BCUT2D eigenvalue weighted by atomic mass is 10.2. The quantitative estimate of drug-likeness (QED) is 0.775. The van der Waals surface area contributed by atoms with Crippen LogP contribution in [-0.4, -0.2) is 16.1 Å². The number of aromatic nitrogens is 1. The monoisotopic (exact) mass is 331 g/mol. The van der Waals surface area contributed by atoms with E-state index >= 15 is 0 Å². The molecule has 0 spiro atoms. The Morgan fingerprint density at radius 1 is 1.23 bits per heavy atom. The summed E-state index contributed by atoms with van der Waals surface area (Å²) in [5.74, 6) is -0.469. The van der Waals surface area contributed by atoms with Crippen LogP contribution in [0.2, 0.25) is 5.02 Å². The van der Waals surface area contributed by atoms with Gasteiger partial charge in [0.2, 0.25) is 5.88 Å². The van der Waals surface area contributed by atoms with Crippen molar-refractivity contribution in [2.24, 2.45) is 0 Å². The Hall–Kier alpha value is -2.48. The maximum Gasteiger partial charge on any atom is 0.416 e. The van der Waals surface area contributed by atoms with Crippen molar-refractivity contribution in [3.63, 3.8) is 0 Å². The zero-order valence-electron chi connectivity index (χ0n) is 10.8. The summed E-state index contributed by atoms with van der Waals surface area (Å²) in [7, 11) is 0. The van der Waals surface area contributed by atoms with Crippen LogP contribution < -0.4 is 10.6 Å². The number of benzene rings is 1. The fraction of sp³-hybridized carbons (Fsp3) is 0.0769. The molecule has 1 aromatic heterocycles. The predicted molar refractivity (Wildman–Crippen MR) is 75.0 cm³/mol. The lowest BCUT2D eigenvalue weighted by molar-refractivity contribution is -0.137. The van der Waals surface area contributed by atoms with Crippen molar-refractivity contribution in [2.75, 3.05) is 10.6 Å². The van der Waals surface area contributed by atoms with Gasteiger partial charge in [0.15, 0.2) is 0 Å². The van der Waals surface area contributed by atoms with E-state index in [0.717, 1.165) is 18.2 Å². The topological polar surface area (TPSA) is 74.2 Å². The van der Waals surface area contributed by atoms with Gasteiger partial charge in [-0.15, -0.1) is 0 Å². The largest absolute Gasteiger partial charge is 0.492 e. The first kappa shape index (κ1) is 15.9. The van der Waals surface area contributed by atoms with Crippen LogP contribution in [0, 0.1) is 0 Å². The van der Waals surface area contributed by atoms with E-state index in [1.54, 1.807) is 0 Å². The Balaban J connectivity index is 2.11. The van der Waals surface area contributed by atoms with Gasteiger partial charge < -0.3 is 15.7 Å². The normalized spacial score (nSPS) is 11.1. The molecule has 1 heterocycles. The van der Waals surface area contributed by atoms with Crippen molar-refractivity contribution in [3.8, 4) is 5.88 Å². The Bertz CT molecular complexity index is 707. The number of carbonyl (C=O) groups is 1. The van der Waals surface area contributed by atoms with Crippen LogP contribution in [0.1, 0.15) is 5.56 Å². The van der Waals surface area contributed by atoms with Crippen LogP contribution >= 0.6 is 11.6 Å². The van der Waals surface area contributed by atoms with Crippen LogP contribution in [0.3, 0.4) is 0 Å². The number of hydrogen-bond acceptors (Lipinski definition) is 3. The molecule has 0 unspecified atom stereocenters. The van der Waals surface area contributed by atoms with Crippen molar-refractivity contribution in [1.29, 1.82) is 0 Å². The second-order valence-electron chi connectivity index (χ2n) is 4.18. The molecule has 116 valence electrons. The van der Waals surface area contributed by atoms with Crippen molar-refractivity contribution >= 4 is 29.0 Å². The first-order valence-corrected chi connectivity index (χ1v) is 6.23. The molecular formula is C13H9ClF3N3O2. The Morgan fingerprint density at radius 2 is 1.95 bits per heavy atom. The maximum atomic E-state index is 12.6. The lowest BCUT2D eigenvalue weighted by Crippen LogP contribution is -2.20. The number of anilines is 2. The van der Waals surface area contributed by atoms with Crippen molar-refractivity contribution < 1.29 is 23.1 Å². The minimum Gasteiger partial charge on any atom is -0.492 e. The molecule has 0 atom stereocenters. The minimum atomic E-state index is -4.51. The third kappa shape index (κ3) is 4.01. The molecule has 5 nitrogen and oxygen atoms in total. The zero-order valence-corrected chi connectivity index (χ0v) is 11.5. The van der Waals surface area contributed by atoms with Gasteiger partial charge in [0, 0.05) is 11.9 Å². The highest BCUT2D eigenvalue weighted by Crippen LogP contribution is 2.30. The van der Waals surface area contributed by atoms with Gasteiger partial charge in [-0.05, 0) is 24.3 Å². The van der Waals surface area contributed by atoms with E-state index in [2.05, 4.69) is 15.6 Å². The Kier molecular flexibility index (Phi) is 4.41. The number of nitrogens with zero attached hydrogens (tertiary/aromatic N) is 1. The lowest BCUT2D eigenvalue weighted by Gasteiger charge is -2.11. The molecule has 2 rings (SSSR count). The zero-order chi connectivity index (χ0) is 16.3. The number of carbonyl (C=O) groups excluding carboxylic acids is 1. The molecule has 0 aliphatic carbocycles. The number of nitrogens with one attached hydrogen (secondary N) is 2. The average molecular weight is 332 g/mol. The molecule has 3 N–H and O–H groups in total. The van der Waals surface area contributed by atoms with Gasteiger partial charge in [-0.3, -0.25) is 0 Å². The summed E-state index contributed by atoms with van der Waals surface area (Å²) in [5, 5.41) is 14.1. The van der Waals surface area contributed by atoms with E-state index in [9.17, 15) is 23.1 Å². The second-order valence-corrected chi connectivity index (χ2v) is 4.62. The van der Waals surface area contributed by atoms with Gasteiger partial charge in [0.05, 0.1) is 10.6 Å². The van der Waals surface area contributed by atoms with Gasteiger partial charge >= 0.3 is 12.2 Å². The summed E-state index contributed by atoms with van der Waals surface area (Å²) in [6.07, 6.45) is -3.34. The van der Waals surface area contributed by atoms with Gasteiger partial charge in [-0.1, -0.05) is 17.7 Å². The molecule has 0 aliphatic heterocycles. The number of hydrogen-bond donors (Lipinski definition) is 3. The Morgan fingerprint density at radius 3 is 2.64 bits per heavy atom. The van der Waals surface area contributed by atoms with Gasteiger partial charge in [-0.25, -0.2) is 9.78 Å². The summed E-state index contributed by atoms with van der Waals surface area (Å²) in [6.45, 7) is 0. The van der Waals surface area contributed by atoms with E-state index in [0.29, 0.717) is 0 Å². The van der Waals surface area contributed by atoms with E-state index < -0.39 is 23.7 Å². The van der Waals surface area contributed by atoms with Crippen molar-refractivity contribution in [2.45, 2.75) is 6.18 Å². The fourth-order valence-corrected chi connectivity index (χ4v) is 1.74. The number of pyridine rings is 1. The predicted octanol–water partition coefficient (Wildman–Crippen LogP) is 4.10. The molecule has 0 saturated carbocycles. The van der Waals surface area contributed by atoms with Crippen LogP contribution in [0.25, 0.3) is 0 Å². The molecular weight excluding hydrogens is 323 g/mol. The molecule has 9 heteroatoms. The van der Waals surface area contributed by atoms with Crippen molar-refractivity contribution in [1.82, 2.24) is 4.98 Å². The SMILES string of the molecule is O=C(Nc1cccc(C(F)(F)F)c1)Nc1cc(Cl)cnc1O. The molecule has 0 aliphatic rings. The van der Waals surface area contributed by atoms with Crippen molar-refractivity contribution in [3.05, 3.63) is 47.1 Å². The first-order chi connectivity index (χ1) is 10.3. The molecule has 0 fully saturated rings. The van der Waals surface area contributed by atoms with E-state index in [1.165, 1.54) is 18.3 Å². The highest BCUT2D eigenvalue weighted by atomic mass is 35.5. The molecule has 1 aromatic carbocycles. The maximum absolute atomic E-state index is 12.6. The molecule has 0 radical (unpaired) electrons. The molecule has 0 bridgehead atoms. The molecule has 0 saturated heterocycles. The highest BCUT2D eigenvalue weighted by Gasteiger charge is 2.30. The first-order valence-electron chi connectivity index (χ1n) is 5.85. The smallest absolute Gasteiger partial charge is 0.416 e. The summed E-state index contributed by atoms with van der Waals surface area (Å²) < 4.78 is 37.7. The summed E-state index contributed by atoms with van der Waals surface area (Å²) in [6, 6.07) is 4.53. The number of aromatic hydroxyl groups is 1. The molecule has 22 heavy (non-hydrogen) atoms. The number of alkyl halides is 3. The third-order valence-electron chi connectivity index (χ3n) is 2.53. The Labute approximate surface area is 127 Å². The standard InChI is InChI=1S/C13H9ClF3N3O2/c14-8-5-10(11(21)18-6-8)20-12(22)19-9-3-1-2-7(4-9)13(15,16)17/h1-6H,(H,18,21)(H2,19,20,22). The van der Waals surface area contributed by atoms with E-state index in [4.69, 9.17) is 11.6 Å². The summed E-state index contributed by atoms with van der Waals surface area (Å²) in [5.41, 5.74) is -1.02. The van der Waals surface area contributed by atoms with E-state index in [-0.39, 0.29) is 16.4 Å². The fourth-order valence-electron chi connectivity index (χ4n) is 1.58. The molecule has 2 aromatic rings. The van der Waals surface area contributed by atoms with Crippen LogP contribution in [0.5, 0.6) is 5.88 Å². The number of rotatable bonds is 2. The van der Waals surface area contributed by atoms with Gasteiger partial charge in [0.1, 0.15) is 5.69 Å². The summed E-state index contributed by atoms with van der Waals surface area (Å²) >= 11 is 5.66. The second kappa shape index (κ2) is 6.10. The van der Waals surface area contributed by atoms with Crippen LogP contribution in [-0.2, 0) is 6.18 Å². The summed E-state index contributed by atoms with van der Waals surface area (Å²) in [4.78, 5) is 15.2. The highest BCUT2D eigenvalue weighted by molar-refractivity contribution is 6.30. The number of amides is 2.